The fourth-order valence-corrected chi connectivity index (χ4v) is 3.29. The molecule has 1 aromatic carbocycles. The number of carbonyl (C=O) groups is 1. The first kappa shape index (κ1) is 15.3. The van der Waals surface area contributed by atoms with Crippen molar-refractivity contribution in [3.05, 3.63) is 55.7 Å². The average molecular weight is 330 g/mol. The summed E-state index contributed by atoms with van der Waals surface area (Å²) in [7, 11) is 0. The van der Waals surface area contributed by atoms with E-state index in [0.29, 0.717) is 21.2 Å². The van der Waals surface area contributed by atoms with Crippen molar-refractivity contribution in [1.29, 1.82) is 0 Å². The Bertz CT molecular complexity index is 607. The maximum Gasteiger partial charge on any atom is 0.252 e. The predicted molar refractivity (Wildman–Crippen MR) is 82.8 cm³/mol. The van der Waals surface area contributed by atoms with Gasteiger partial charge in [-0.05, 0) is 30.0 Å². The van der Waals surface area contributed by atoms with E-state index >= 15 is 0 Å². The molecule has 0 spiro atoms. The van der Waals surface area contributed by atoms with Gasteiger partial charge in [0.2, 0.25) is 0 Å². The third-order valence-corrected chi connectivity index (χ3v) is 4.41. The Morgan fingerprint density at radius 3 is 2.55 bits per heavy atom. The molecule has 2 aromatic rings. The van der Waals surface area contributed by atoms with Crippen molar-refractivity contribution in [2.45, 2.75) is 13.0 Å². The summed E-state index contributed by atoms with van der Waals surface area (Å²) in [6.45, 7) is 1.92. The summed E-state index contributed by atoms with van der Waals surface area (Å²) in [5.41, 5.74) is 1.96. The zero-order valence-corrected chi connectivity index (χ0v) is 13.0. The number of thiophene rings is 1. The number of nitrogens with one attached hydrogen (secondary N) is 1. The van der Waals surface area contributed by atoms with Gasteiger partial charge in [-0.3, -0.25) is 4.79 Å². The average Bonchev–Trinajstić information content (AvgIpc) is 2.82. The quantitative estimate of drug-likeness (QED) is 0.895. The normalized spacial score (nSPS) is 12.2. The first-order valence-corrected chi connectivity index (χ1v) is 7.63. The largest absolute Gasteiger partial charge is 0.386 e. The van der Waals surface area contributed by atoms with E-state index in [1.165, 1.54) is 11.3 Å². The van der Waals surface area contributed by atoms with Crippen molar-refractivity contribution in [2.24, 2.45) is 0 Å². The minimum absolute atomic E-state index is 0.0531. The van der Waals surface area contributed by atoms with Crippen LogP contribution >= 0.6 is 34.5 Å². The van der Waals surface area contributed by atoms with Gasteiger partial charge in [0.25, 0.3) is 5.91 Å². The summed E-state index contributed by atoms with van der Waals surface area (Å²) < 4.78 is 0. The van der Waals surface area contributed by atoms with Crippen LogP contribution < -0.4 is 5.32 Å². The molecule has 0 fully saturated rings. The third kappa shape index (κ3) is 3.33. The maximum atomic E-state index is 12.0. The van der Waals surface area contributed by atoms with Crippen LogP contribution in [0.1, 0.15) is 27.6 Å². The molecule has 1 heterocycles. The SMILES string of the molecule is Cc1cscc1C(=O)NCC(O)c1c(Cl)cccc1Cl. The van der Waals surface area contributed by atoms with Crippen LogP contribution in [0.15, 0.2) is 29.0 Å². The maximum absolute atomic E-state index is 12.0. The highest BCUT2D eigenvalue weighted by Gasteiger charge is 2.17. The molecule has 3 nitrogen and oxygen atoms in total. The van der Waals surface area contributed by atoms with Crippen molar-refractivity contribution >= 4 is 40.4 Å². The van der Waals surface area contributed by atoms with Crippen LogP contribution in [0.25, 0.3) is 0 Å². The lowest BCUT2D eigenvalue weighted by Gasteiger charge is -2.15. The fourth-order valence-electron chi connectivity index (χ4n) is 1.81. The van der Waals surface area contributed by atoms with Crippen molar-refractivity contribution in [3.63, 3.8) is 0 Å². The van der Waals surface area contributed by atoms with Crippen molar-refractivity contribution < 1.29 is 9.90 Å². The number of carbonyl (C=O) groups excluding carboxylic acids is 1. The van der Waals surface area contributed by atoms with E-state index in [9.17, 15) is 9.90 Å². The van der Waals surface area contributed by atoms with E-state index in [1.807, 2.05) is 12.3 Å². The van der Waals surface area contributed by atoms with Crippen LogP contribution in [-0.2, 0) is 0 Å². The van der Waals surface area contributed by atoms with Crippen LogP contribution in [0.2, 0.25) is 10.0 Å². The molecule has 1 amide bonds. The molecule has 0 saturated heterocycles. The second-order valence-corrected chi connectivity index (χ2v) is 5.89. The fraction of sp³-hybridized carbons (Fsp3) is 0.214. The molecule has 0 bridgehead atoms. The minimum atomic E-state index is -0.945. The number of hydrogen-bond acceptors (Lipinski definition) is 3. The summed E-state index contributed by atoms with van der Waals surface area (Å²) in [4.78, 5) is 12.0. The number of halogens is 2. The van der Waals surface area contributed by atoms with Gasteiger partial charge in [-0.2, -0.15) is 11.3 Å². The van der Waals surface area contributed by atoms with Gasteiger partial charge in [0, 0.05) is 27.5 Å². The van der Waals surface area contributed by atoms with E-state index in [4.69, 9.17) is 23.2 Å². The number of aliphatic hydroxyl groups excluding tert-OH is 1. The zero-order chi connectivity index (χ0) is 14.7. The van der Waals surface area contributed by atoms with Gasteiger partial charge in [-0.25, -0.2) is 0 Å². The van der Waals surface area contributed by atoms with E-state index in [2.05, 4.69) is 5.32 Å². The number of benzene rings is 1. The lowest BCUT2D eigenvalue weighted by molar-refractivity contribution is 0.0916. The zero-order valence-electron chi connectivity index (χ0n) is 10.7. The summed E-state index contributed by atoms with van der Waals surface area (Å²) in [5.74, 6) is -0.217. The lowest BCUT2D eigenvalue weighted by atomic mass is 10.1. The molecular weight excluding hydrogens is 317 g/mol. The van der Waals surface area contributed by atoms with Crippen molar-refractivity contribution in [1.82, 2.24) is 5.32 Å². The van der Waals surface area contributed by atoms with Crippen LogP contribution in [-0.4, -0.2) is 17.6 Å². The smallest absolute Gasteiger partial charge is 0.252 e. The van der Waals surface area contributed by atoms with E-state index < -0.39 is 6.10 Å². The molecule has 2 N–H and O–H groups in total. The third-order valence-electron chi connectivity index (χ3n) is 2.89. The lowest BCUT2D eigenvalue weighted by Crippen LogP contribution is -2.28. The van der Waals surface area contributed by atoms with Gasteiger partial charge < -0.3 is 10.4 Å². The molecule has 0 saturated carbocycles. The van der Waals surface area contributed by atoms with Gasteiger partial charge in [-0.15, -0.1) is 0 Å². The van der Waals surface area contributed by atoms with Crippen LogP contribution in [0.4, 0.5) is 0 Å². The topological polar surface area (TPSA) is 49.3 Å². The predicted octanol–water partition coefficient (Wildman–Crippen LogP) is 3.83. The van der Waals surface area contributed by atoms with Crippen LogP contribution in [0.5, 0.6) is 0 Å². The number of aryl methyl sites for hydroxylation is 1. The summed E-state index contributed by atoms with van der Waals surface area (Å²) in [6.07, 6.45) is -0.945. The Morgan fingerprint density at radius 2 is 2.00 bits per heavy atom. The van der Waals surface area contributed by atoms with Gasteiger partial charge in [0.15, 0.2) is 0 Å². The number of aliphatic hydroxyl groups is 1. The highest BCUT2D eigenvalue weighted by atomic mass is 35.5. The standard InChI is InChI=1S/C14H13Cl2NO2S/c1-8-6-20-7-9(8)14(19)17-5-12(18)13-10(15)3-2-4-11(13)16/h2-4,6-7,12,18H,5H2,1H3,(H,17,19). The molecule has 0 aliphatic heterocycles. The highest BCUT2D eigenvalue weighted by molar-refractivity contribution is 7.08. The molecule has 0 aliphatic rings. The van der Waals surface area contributed by atoms with Crippen LogP contribution in [0.3, 0.4) is 0 Å². The molecule has 1 unspecified atom stereocenters. The second-order valence-electron chi connectivity index (χ2n) is 4.33. The monoisotopic (exact) mass is 329 g/mol. The molecule has 106 valence electrons. The molecule has 0 aliphatic carbocycles. The van der Waals surface area contributed by atoms with Gasteiger partial charge >= 0.3 is 0 Å². The second kappa shape index (κ2) is 6.59. The Labute approximate surface area is 131 Å². The Morgan fingerprint density at radius 1 is 1.35 bits per heavy atom. The Balaban J connectivity index is 2.04. The number of amides is 1. The summed E-state index contributed by atoms with van der Waals surface area (Å²) >= 11 is 13.5. The highest BCUT2D eigenvalue weighted by Crippen LogP contribution is 2.29. The Kier molecular flexibility index (Phi) is 5.05. The summed E-state index contributed by atoms with van der Waals surface area (Å²) in [5, 5.41) is 17.2. The molecule has 2 rings (SSSR count). The molecule has 6 heteroatoms. The molecule has 0 radical (unpaired) electrons. The number of hydrogen-bond donors (Lipinski definition) is 2. The Hall–Kier alpha value is -1.07. The van der Waals surface area contributed by atoms with E-state index in [-0.39, 0.29) is 12.5 Å². The van der Waals surface area contributed by atoms with Crippen LogP contribution in [0, 0.1) is 6.92 Å². The van der Waals surface area contributed by atoms with Crippen molar-refractivity contribution in [2.75, 3.05) is 6.54 Å². The van der Waals surface area contributed by atoms with E-state index in [1.54, 1.807) is 23.6 Å². The summed E-state index contributed by atoms with van der Waals surface area (Å²) in [6, 6.07) is 5.00. The molecule has 1 aromatic heterocycles. The minimum Gasteiger partial charge on any atom is -0.386 e. The first-order chi connectivity index (χ1) is 9.50. The van der Waals surface area contributed by atoms with Gasteiger partial charge in [-0.1, -0.05) is 29.3 Å². The molecule has 1 atom stereocenters. The van der Waals surface area contributed by atoms with E-state index in [0.717, 1.165) is 5.56 Å². The molecule has 20 heavy (non-hydrogen) atoms. The van der Waals surface area contributed by atoms with Gasteiger partial charge in [0.05, 0.1) is 11.7 Å². The van der Waals surface area contributed by atoms with Crippen molar-refractivity contribution in [3.8, 4) is 0 Å². The molecular formula is C14H13Cl2NO2S. The number of rotatable bonds is 4. The van der Waals surface area contributed by atoms with Gasteiger partial charge in [0.1, 0.15) is 0 Å². The first-order valence-electron chi connectivity index (χ1n) is 5.93.